The largest absolute Gasteiger partial charge is 0.447 e. The highest BCUT2D eigenvalue weighted by Crippen LogP contribution is 2.35. The Morgan fingerprint density at radius 3 is 1.96 bits per heavy atom. The van der Waals surface area contributed by atoms with Crippen molar-refractivity contribution in [3.63, 3.8) is 0 Å². The zero-order chi connectivity index (χ0) is 34.6. The number of alkyl halides is 1. The van der Waals surface area contributed by atoms with E-state index in [4.69, 9.17) is 9.47 Å². The third-order valence-corrected chi connectivity index (χ3v) is 6.75. The first kappa shape index (κ1) is 40.8. The normalized spacial score (nSPS) is 20.1. The van der Waals surface area contributed by atoms with Gasteiger partial charge in [0.05, 0.1) is 6.10 Å². The zero-order valence-electron chi connectivity index (χ0n) is 28.1. The van der Waals surface area contributed by atoms with Crippen LogP contribution in [-0.4, -0.2) is 74.0 Å². The number of alkyl carbamates (subject to hydrolysis) is 1. The van der Waals surface area contributed by atoms with Crippen molar-refractivity contribution >= 4 is 24.3 Å². The summed E-state index contributed by atoms with van der Waals surface area (Å²) in [6.45, 7) is 3.76. The Kier molecular flexibility index (Phi) is 22.5. The number of halogens is 1. The Morgan fingerprint density at radius 2 is 1.40 bits per heavy atom. The van der Waals surface area contributed by atoms with Crippen LogP contribution >= 0.6 is 0 Å². The molecular formula is C36H53FN4O6. The SMILES string of the molecule is CC/C=C\C/C=C\C/C=C\C/C=C\C/C=C\C/C=C\CCC(=O)NCCNC(=O)OCC1CC(C)(F)C(N(C)/C=C\C(=O)NC=O)O1. The maximum atomic E-state index is 15.0. The van der Waals surface area contributed by atoms with Gasteiger partial charge >= 0.3 is 6.09 Å². The van der Waals surface area contributed by atoms with Crippen LogP contribution in [0.4, 0.5) is 9.18 Å². The molecule has 0 radical (unpaired) electrons. The van der Waals surface area contributed by atoms with Crippen LogP contribution in [-0.2, 0) is 23.9 Å². The molecule has 1 aliphatic heterocycles. The first-order valence-corrected chi connectivity index (χ1v) is 16.3. The van der Waals surface area contributed by atoms with Gasteiger partial charge < -0.3 is 25.0 Å². The Hall–Kier alpha value is -4.25. The van der Waals surface area contributed by atoms with Gasteiger partial charge in [-0.2, -0.15) is 0 Å². The molecular weight excluding hydrogens is 603 g/mol. The number of hydrogen-bond acceptors (Lipinski definition) is 7. The van der Waals surface area contributed by atoms with E-state index >= 15 is 4.39 Å². The highest BCUT2D eigenvalue weighted by Gasteiger charge is 2.47. The molecule has 4 amide bonds. The molecule has 1 saturated heterocycles. The summed E-state index contributed by atoms with van der Waals surface area (Å²) in [5, 5.41) is 7.23. The Balaban J connectivity index is 2.09. The number of nitrogens with zero attached hydrogens (tertiary/aromatic N) is 1. The summed E-state index contributed by atoms with van der Waals surface area (Å²) in [6, 6.07) is 0. The molecule has 260 valence electrons. The minimum absolute atomic E-state index is 0.0174. The number of nitrogens with one attached hydrogen (secondary N) is 3. The number of ether oxygens (including phenoxy) is 2. The number of hydrogen-bond donors (Lipinski definition) is 3. The third-order valence-electron chi connectivity index (χ3n) is 6.75. The van der Waals surface area contributed by atoms with E-state index in [0.29, 0.717) is 12.8 Å². The molecule has 1 rings (SSSR count). The van der Waals surface area contributed by atoms with Gasteiger partial charge in [-0.15, -0.1) is 0 Å². The summed E-state index contributed by atoms with van der Waals surface area (Å²) in [5.41, 5.74) is -1.76. The van der Waals surface area contributed by atoms with Crippen molar-refractivity contribution in [2.75, 3.05) is 26.7 Å². The fourth-order valence-corrected chi connectivity index (χ4v) is 4.44. The summed E-state index contributed by atoms with van der Waals surface area (Å²) in [6.07, 6.45) is 32.5. The van der Waals surface area contributed by atoms with Gasteiger partial charge in [0.1, 0.15) is 6.61 Å². The molecule has 0 aromatic heterocycles. The Morgan fingerprint density at radius 1 is 0.872 bits per heavy atom. The first-order chi connectivity index (χ1) is 22.7. The predicted octanol–water partition coefficient (Wildman–Crippen LogP) is 5.87. The second-order valence-corrected chi connectivity index (χ2v) is 11.0. The maximum Gasteiger partial charge on any atom is 0.407 e. The molecule has 3 atom stereocenters. The van der Waals surface area contributed by atoms with Gasteiger partial charge in [-0.3, -0.25) is 19.7 Å². The van der Waals surface area contributed by atoms with Gasteiger partial charge in [0, 0.05) is 45.3 Å². The van der Waals surface area contributed by atoms with Crippen LogP contribution in [0, 0.1) is 0 Å². The third kappa shape index (κ3) is 21.2. The van der Waals surface area contributed by atoms with Crippen LogP contribution in [0.2, 0.25) is 0 Å². The summed E-state index contributed by atoms with van der Waals surface area (Å²) in [4.78, 5) is 47.1. The number of imide groups is 1. The fourth-order valence-electron chi connectivity index (χ4n) is 4.44. The minimum atomic E-state index is -1.76. The lowest BCUT2D eigenvalue weighted by molar-refractivity contribution is -0.122. The molecule has 3 N–H and O–H groups in total. The number of amides is 4. The summed E-state index contributed by atoms with van der Waals surface area (Å²) in [5.74, 6) is -0.767. The second kappa shape index (κ2) is 25.9. The standard InChI is InChI=1S/C36H53FN4O6/c1-4-5-6-7-8-9-10-11-12-13-14-15-16-17-18-19-20-21-22-23-32(43)38-25-26-39-35(45)46-29-31-28-36(2,37)34(47-31)41(3)27-24-33(44)40-30-42/h5-6,8-9,11-12,14-15,17-18,20-21,24,27,30-31,34H,4,7,10,13,16,19,22-23,25-26,28-29H2,1-3H3,(H,38,43)(H,39,45)(H,40,42,44)/b6-5-,9-8-,12-11-,15-14-,18-17-,21-20-,27-24-. The lowest BCUT2D eigenvalue weighted by Gasteiger charge is -2.29. The fraction of sp³-hybridized carbons (Fsp3) is 0.500. The van der Waals surface area contributed by atoms with Crippen molar-refractivity contribution < 1.29 is 33.0 Å². The Labute approximate surface area is 279 Å². The molecule has 0 saturated carbocycles. The van der Waals surface area contributed by atoms with E-state index in [1.165, 1.54) is 25.1 Å². The summed E-state index contributed by atoms with van der Waals surface area (Å²) in [7, 11) is 1.53. The van der Waals surface area contributed by atoms with Crippen LogP contribution in [0.1, 0.15) is 71.6 Å². The van der Waals surface area contributed by atoms with E-state index in [-0.39, 0.29) is 38.4 Å². The van der Waals surface area contributed by atoms with Crippen molar-refractivity contribution in [3.05, 3.63) is 85.2 Å². The van der Waals surface area contributed by atoms with Gasteiger partial charge in [0.2, 0.25) is 12.3 Å². The van der Waals surface area contributed by atoms with E-state index < -0.39 is 30.0 Å². The Bertz CT molecular complexity index is 1140. The molecule has 0 aliphatic carbocycles. The van der Waals surface area contributed by atoms with Crippen LogP contribution in [0.15, 0.2) is 85.2 Å². The minimum Gasteiger partial charge on any atom is -0.447 e. The van der Waals surface area contributed by atoms with Crippen LogP contribution < -0.4 is 16.0 Å². The molecule has 0 aromatic carbocycles. The van der Waals surface area contributed by atoms with Crippen LogP contribution in [0.25, 0.3) is 0 Å². The predicted molar refractivity (Wildman–Crippen MR) is 184 cm³/mol. The first-order valence-electron chi connectivity index (χ1n) is 16.3. The molecule has 1 fully saturated rings. The van der Waals surface area contributed by atoms with Crippen molar-refractivity contribution in [1.82, 2.24) is 20.9 Å². The van der Waals surface area contributed by atoms with Gasteiger partial charge in [-0.25, -0.2) is 9.18 Å². The van der Waals surface area contributed by atoms with Gasteiger partial charge in [0.15, 0.2) is 11.9 Å². The quantitative estimate of drug-likeness (QED) is 0.0544. The maximum absolute atomic E-state index is 15.0. The van der Waals surface area contributed by atoms with Crippen molar-refractivity contribution in [2.24, 2.45) is 0 Å². The summed E-state index contributed by atoms with van der Waals surface area (Å²) >= 11 is 0. The monoisotopic (exact) mass is 656 g/mol. The molecule has 0 bridgehead atoms. The van der Waals surface area contributed by atoms with Crippen molar-refractivity contribution in [2.45, 2.75) is 89.6 Å². The molecule has 10 nitrogen and oxygen atoms in total. The smallest absolute Gasteiger partial charge is 0.407 e. The highest BCUT2D eigenvalue weighted by atomic mass is 19.1. The van der Waals surface area contributed by atoms with Crippen LogP contribution in [0.3, 0.4) is 0 Å². The second-order valence-electron chi connectivity index (χ2n) is 11.0. The average molecular weight is 657 g/mol. The molecule has 3 unspecified atom stereocenters. The van der Waals surface area contributed by atoms with E-state index in [0.717, 1.165) is 44.6 Å². The van der Waals surface area contributed by atoms with Crippen molar-refractivity contribution in [3.8, 4) is 0 Å². The highest BCUT2D eigenvalue weighted by molar-refractivity contribution is 5.94. The van der Waals surface area contributed by atoms with Crippen LogP contribution in [0.5, 0.6) is 0 Å². The van der Waals surface area contributed by atoms with Gasteiger partial charge in [-0.1, -0.05) is 79.8 Å². The molecule has 1 aliphatic rings. The molecule has 1 heterocycles. The van der Waals surface area contributed by atoms with E-state index in [1.807, 2.05) is 17.5 Å². The van der Waals surface area contributed by atoms with E-state index in [9.17, 15) is 19.2 Å². The average Bonchev–Trinajstić information content (AvgIpc) is 3.36. The molecule has 11 heteroatoms. The number of carbonyl (C=O) groups excluding carboxylic acids is 4. The van der Waals surface area contributed by atoms with Gasteiger partial charge in [0.25, 0.3) is 5.91 Å². The van der Waals surface area contributed by atoms with E-state index in [2.05, 4.69) is 78.3 Å². The van der Waals surface area contributed by atoms with Gasteiger partial charge in [-0.05, 0) is 51.9 Å². The molecule has 47 heavy (non-hydrogen) atoms. The molecule has 0 aromatic rings. The molecule has 0 spiro atoms. The summed E-state index contributed by atoms with van der Waals surface area (Å²) < 4.78 is 25.8. The lowest BCUT2D eigenvalue weighted by Crippen LogP contribution is -2.41. The number of rotatable bonds is 23. The lowest BCUT2D eigenvalue weighted by atomic mass is 10.0. The van der Waals surface area contributed by atoms with Crippen molar-refractivity contribution in [1.29, 1.82) is 0 Å². The number of allylic oxidation sites excluding steroid dienone is 12. The number of carbonyl (C=O) groups is 4. The zero-order valence-corrected chi connectivity index (χ0v) is 28.1. The topological polar surface area (TPSA) is 126 Å². The van der Waals surface area contributed by atoms with E-state index in [1.54, 1.807) is 0 Å².